The second kappa shape index (κ2) is 8.25. The quantitative estimate of drug-likeness (QED) is 0.721. The number of fused-ring (bicyclic) bond motifs is 1. The fourth-order valence-electron chi connectivity index (χ4n) is 3.26. The molecule has 0 saturated heterocycles. The van der Waals surface area contributed by atoms with Gasteiger partial charge < -0.3 is 10.2 Å². The third-order valence-corrected chi connectivity index (χ3v) is 6.93. The molecule has 0 atom stereocenters. The molecule has 5 nitrogen and oxygen atoms in total. The van der Waals surface area contributed by atoms with Crippen molar-refractivity contribution < 1.29 is 9.59 Å². The normalized spacial score (nSPS) is 16.2. The molecule has 1 fully saturated rings. The van der Waals surface area contributed by atoms with Crippen molar-refractivity contribution in [1.29, 1.82) is 0 Å². The Morgan fingerprint density at radius 1 is 1.29 bits per heavy atom. The van der Waals surface area contributed by atoms with Gasteiger partial charge in [0, 0.05) is 33.9 Å². The van der Waals surface area contributed by atoms with Crippen molar-refractivity contribution in [2.24, 2.45) is 5.92 Å². The maximum absolute atomic E-state index is 12.8. The highest BCUT2D eigenvalue weighted by molar-refractivity contribution is 7.99. The number of carbonyl (C=O) groups is 2. The lowest BCUT2D eigenvalue weighted by Gasteiger charge is -2.26. The highest BCUT2D eigenvalue weighted by Gasteiger charge is 2.31. The second-order valence-corrected chi connectivity index (χ2v) is 10.4. The van der Waals surface area contributed by atoms with Crippen LogP contribution < -0.4 is 5.32 Å². The number of amides is 2. The highest BCUT2D eigenvalue weighted by atomic mass is 32.2. The van der Waals surface area contributed by atoms with Gasteiger partial charge in [-0.25, -0.2) is 4.98 Å². The van der Waals surface area contributed by atoms with Gasteiger partial charge in [0.2, 0.25) is 11.8 Å². The van der Waals surface area contributed by atoms with Crippen LogP contribution >= 0.6 is 23.1 Å². The molecule has 2 heterocycles. The van der Waals surface area contributed by atoms with E-state index in [0.717, 1.165) is 35.4 Å². The number of thioether (sulfide) groups is 1. The third-order valence-electron chi connectivity index (χ3n) is 4.91. The molecule has 2 amide bonds. The van der Waals surface area contributed by atoms with E-state index in [2.05, 4.69) is 48.4 Å². The van der Waals surface area contributed by atoms with Crippen LogP contribution in [0.5, 0.6) is 0 Å². The number of nitrogens with zero attached hydrogens (tertiary/aromatic N) is 2. The molecule has 0 unspecified atom stereocenters. The summed E-state index contributed by atoms with van der Waals surface area (Å²) < 4.78 is 0. The zero-order valence-corrected chi connectivity index (χ0v) is 17.9. The minimum Gasteiger partial charge on any atom is -0.337 e. The fourth-order valence-corrected chi connectivity index (χ4v) is 5.12. The van der Waals surface area contributed by atoms with Crippen LogP contribution in [0.25, 0.3) is 0 Å². The van der Waals surface area contributed by atoms with Gasteiger partial charge in [0.1, 0.15) is 0 Å². The molecule has 1 saturated carbocycles. The largest absolute Gasteiger partial charge is 0.337 e. The fraction of sp³-hybridized carbons (Fsp3) is 0.476. The predicted octanol–water partition coefficient (Wildman–Crippen LogP) is 4.12. The van der Waals surface area contributed by atoms with Gasteiger partial charge in [-0.3, -0.25) is 9.59 Å². The van der Waals surface area contributed by atoms with Crippen LogP contribution in [0.1, 0.15) is 42.8 Å². The van der Waals surface area contributed by atoms with Crippen LogP contribution in [0.15, 0.2) is 29.2 Å². The van der Waals surface area contributed by atoms with Crippen molar-refractivity contribution in [1.82, 2.24) is 9.88 Å². The van der Waals surface area contributed by atoms with Crippen LogP contribution in [0, 0.1) is 5.92 Å². The summed E-state index contributed by atoms with van der Waals surface area (Å²) in [6.07, 6.45) is 3.14. The molecule has 0 bridgehead atoms. The Kier molecular flexibility index (Phi) is 5.73. The molecule has 1 aromatic carbocycles. The van der Waals surface area contributed by atoms with E-state index < -0.39 is 0 Å². The second-order valence-electron chi connectivity index (χ2n) is 7.71. The van der Waals surface area contributed by atoms with E-state index in [1.807, 2.05) is 16.7 Å². The average molecular weight is 416 g/mol. The lowest BCUT2D eigenvalue weighted by Crippen LogP contribution is -2.36. The Balaban J connectivity index is 1.35. The maximum atomic E-state index is 12.8. The van der Waals surface area contributed by atoms with Gasteiger partial charge in [-0.2, -0.15) is 0 Å². The molecule has 1 aliphatic heterocycles. The van der Waals surface area contributed by atoms with Gasteiger partial charge in [-0.1, -0.05) is 37.3 Å². The molecule has 28 heavy (non-hydrogen) atoms. The smallest absolute Gasteiger partial charge is 0.229 e. The number of anilines is 1. The number of thiazole rings is 1. The number of nitrogens with one attached hydrogen (secondary N) is 1. The molecule has 1 N–H and O–H groups in total. The molecule has 4 rings (SSSR count). The molecule has 148 valence electrons. The van der Waals surface area contributed by atoms with Gasteiger partial charge in [-0.05, 0) is 30.5 Å². The van der Waals surface area contributed by atoms with E-state index in [9.17, 15) is 9.59 Å². The Bertz CT molecular complexity index is 872. The van der Waals surface area contributed by atoms with E-state index in [4.69, 9.17) is 0 Å². The molecule has 2 aliphatic rings. The van der Waals surface area contributed by atoms with Crippen LogP contribution in [-0.2, 0) is 29.0 Å². The standard InChI is InChI=1S/C21H25N3O2S2/c1-13(2)27-16-7-3-14(4-8-16)11-19(25)24-10-9-17-18(12-24)28-21(22-17)23-20(26)15-5-6-15/h3-4,7-8,13,15H,5-6,9-12H2,1-2H3,(H,22,23,26). The summed E-state index contributed by atoms with van der Waals surface area (Å²) in [6.45, 7) is 5.63. The molecule has 7 heteroatoms. The van der Waals surface area contributed by atoms with Crippen molar-refractivity contribution in [2.75, 3.05) is 11.9 Å². The number of aromatic nitrogens is 1. The molecule has 0 spiro atoms. The van der Waals surface area contributed by atoms with Crippen LogP contribution in [0.2, 0.25) is 0 Å². The summed E-state index contributed by atoms with van der Waals surface area (Å²) in [6, 6.07) is 8.30. The van der Waals surface area contributed by atoms with E-state index in [0.29, 0.717) is 29.9 Å². The summed E-state index contributed by atoms with van der Waals surface area (Å²) in [5.41, 5.74) is 2.07. The van der Waals surface area contributed by atoms with Gasteiger partial charge in [0.15, 0.2) is 5.13 Å². The number of hydrogen-bond acceptors (Lipinski definition) is 5. The molecule has 2 aromatic rings. The first-order valence-electron chi connectivity index (χ1n) is 9.81. The van der Waals surface area contributed by atoms with Crippen molar-refractivity contribution in [2.45, 2.75) is 56.2 Å². The zero-order valence-electron chi connectivity index (χ0n) is 16.2. The lowest BCUT2D eigenvalue weighted by atomic mass is 10.1. The average Bonchev–Trinajstić information content (AvgIpc) is 3.43. The topological polar surface area (TPSA) is 62.3 Å². The Hall–Kier alpha value is -1.86. The first-order chi connectivity index (χ1) is 13.5. The molecule has 0 radical (unpaired) electrons. The molecule has 1 aliphatic carbocycles. The molecular weight excluding hydrogens is 390 g/mol. The molecule has 1 aromatic heterocycles. The van der Waals surface area contributed by atoms with E-state index >= 15 is 0 Å². The summed E-state index contributed by atoms with van der Waals surface area (Å²) in [4.78, 5) is 33.5. The predicted molar refractivity (Wildman–Crippen MR) is 114 cm³/mol. The first-order valence-corrected chi connectivity index (χ1v) is 11.5. The summed E-state index contributed by atoms with van der Waals surface area (Å²) >= 11 is 3.33. The number of carbonyl (C=O) groups excluding carboxylic acids is 2. The lowest BCUT2D eigenvalue weighted by molar-refractivity contribution is -0.131. The summed E-state index contributed by atoms with van der Waals surface area (Å²) in [5.74, 6) is 0.398. The number of benzene rings is 1. The minimum atomic E-state index is 0.0816. The minimum absolute atomic E-state index is 0.0816. The maximum Gasteiger partial charge on any atom is 0.229 e. The monoisotopic (exact) mass is 415 g/mol. The molecular formula is C21H25N3O2S2. The van der Waals surface area contributed by atoms with E-state index in [1.54, 1.807) is 0 Å². The van der Waals surface area contributed by atoms with Crippen LogP contribution in [0.4, 0.5) is 5.13 Å². The van der Waals surface area contributed by atoms with Crippen molar-refractivity contribution in [3.8, 4) is 0 Å². The van der Waals surface area contributed by atoms with E-state index in [1.165, 1.54) is 16.2 Å². The van der Waals surface area contributed by atoms with Gasteiger partial charge in [-0.15, -0.1) is 11.8 Å². The number of rotatable bonds is 6. The van der Waals surface area contributed by atoms with Crippen molar-refractivity contribution in [3.05, 3.63) is 40.4 Å². The van der Waals surface area contributed by atoms with E-state index in [-0.39, 0.29) is 17.7 Å². The highest BCUT2D eigenvalue weighted by Crippen LogP contribution is 2.33. The Morgan fingerprint density at radius 3 is 2.71 bits per heavy atom. The third kappa shape index (κ3) is 4.75. The summed E-state index contributed by atoms with van der Waals surface area (Å²) in [7, 11) is 0. The van der Waals surface area contributed by atoms with Crippen LogP contribution in [0.3, 0.4) is 0 Å². The Morgan fingerprint density at radius 2 is 2.04 bits per heavy atom. The first kappa shape index (κ1) is 19.5. The van der Waals surface area contributed by atoms with Crippen LogP contribution in [-0.4, -0.2) is 33.5 Å². The van der Waals surface area contributed by atoms with Crippen molar-refractivity contribution >= 4 is 40.0 Å². The summed E-state index contributed by atoms with van der Waals surface area (Å²) in [5, 5.41) is 4.15. The number of hydrogen-bond donors (Lipinski definition) is 1. The Labute approximate surface area is 173 Å². The van der Waals surface area contributed by atoms with Gasteiger partial charge in [0.05, 0.1) is 18.7 Å². The zero-order chi connectivity index (χ0) is 19.7. The van der Waals surface area contributed by atoms with Crippen molar-refractivity contribution in [3.63, 3.8) is 0 Å². The SMILES string of the molecule is CC(C)Sc1ccc(CC(=O)N2CCc3nc(NC(=O)C4CC4)sc3C2)cc1. The van der Waals surface area contributed by atoms with Gasteiger partial charge >= 0.3 is 0 Å². The van der Waals surface area contributed by atoms with Gasteiger partial charge in [0.25, 0.3) is 0 Å².